The maximum Gasteiger partial charge on any atom is 0.416 e. The van der Waals surface area contributed by atoms with E-state index in [1.165, 1.54) is 71.1 Å². The molecule has 10 rings (SSSR count). The molecule has 6 N–H and O–H groups in total. The van der Waals surface area contributed by atoms with Gasteiger partial charge in [0.05, 0.1) is 78.3 Å². The first-order valence-corrected chi connectivity index (χ1v) is 23.7. The molecule has 4 atom stereocenters. The molecule has 4 bridgehead atoms. The topological polar surface area (TPSA) is 274 Å². The molecule has 0 unspecified atom stereocenters. The van der Waals surface area contributed by atoms with Gasteiger partial charge in [0, 0.05) is 49.6 Å². The van der Waals surface area contributed by atoms with Crippen LogP contribution < -0.4 is 39.7 Å². The van der Waals surface area contributed by atoms with Gasteiger partial charge in [-0.15, -0.1) is 0 Å². The van der Waals surface area contributed by atoms with Crippen LogP contribution in [0.2, 0.25) is 0 Å². The Hall–Kier alpha value is -8.08. The lowest BCUT2D eigenvalue weighted by molar-refractivity contribution is -0.138. The van der Waals surface area contributed by atoms with Crippen LogP contribution in [0.4, 0.5) is 70.6 Å². The summed E-state index contributed by atoms with van der Waals surface area (Å²) in [6.07, 6.45) is -1.01. The number of benzene rings is 2. The lowest BCUT2D eigenvalue weighted by Crippen LogP contribution is -2.56. The third-order valence-electron chi connectivity index (χ3n) is 12.5. The number of aliphatic hydroxyl groups excluding tert-OH is 4. The van der Waals surface area contributed by atoms with E-state index in [4.69, 9.17) is 19.7 Å². The third kappa shape index (κ3) is 12.0. The highest BCUT2D eigenvalue weighted by molar-refractivity contribution is 6.05. The first-order valence-electron chi connectivity index (χ1n) is 23.7. The van der Waals surface area contributed by atoms with Crippen LogP contribution in [0.25, 0.3) is 22.8 Å². The monoisotopic (exact) mass is 1060 g/mol. The largest absolute Gasteiger partial charge is 0.475 e. The number of nitrogens with one attached hydrogen (secondary N) is 2. The van der Waals surface area contributed by atoms with Gasteiger partial charge in [0.1, 0.15) is 25.4 Å². The molecule has 2 saturated heterocycles. The van der Waals surface area contributed by atoms with E-state index in [-0.39, 0.29) is 77.4 Å². The lowest BCUT2D eigenvalue weighted by atomic mass is 10.0. The molecule has 4 aliphatic heterocycles. The van der Waals surface area contributed by atoms with Gasteiger partial charge in [0.15, 0.2) is 23.3 Å². The molecule has 0 spiro atoms. The molecule has 2 fully saturated rings. The Morgan fingerprint density at radius 2 is 1.14 bits per heavy atom. The van der Waals surface area contributed by atoms with E-state index in [1.807, 2.05) is 0 Å². The number of carbonyl (C=O) groups is 2. The normalized spacial score (nSPS) is 17.6. The minimum Gasteiger partial charge on any atom is -0.475 e. The molecule has 8 heterocycles. The lowest BCUT2D eigenvalue weighted by Gasteiger charge is -2.45. The van der Waals surface area contributed by atoms with E-state index in [9.17, 15) is 46.1 Å². The van der Waals surface area contributed by atoms with Crippen LogP contribution in [-0.4, -0.2) is 149 Å². The van der Waals surface area contributed by atoms with Gasteiger partial charge in [-0.2, -0.15) is 31.3 Å². The third-order valence-corrected chi connectivity index (χ3v) is 12.5. The second kappa shape index (κ2) is 22.4. The molecule has 0 aliphatic carbocycles. The SMILES string of the molecule is O=C(Nc1cnc(OC[C@H](O)CO)nc1)N1c2nc(-c3cccc(C(F)(F)F)c3)ncc2N2CCC[C@H]1C2.O=C(Nc1nccc(OC[C@@H](O)CO)n1)N1c2nc(-c3cccc(C(F)(F)F)c3)ncc2N2CCC[C@H]1C2. The van der Waals surface area contributed by atoms with Crippen molar-refractivity contribution < 1.29 is 65.8 Å². The molecule has 2 aromatic carbocycles. The number of fused-ring (bicyclic) bond motifs is 8. The van der Waals surface area contributed by atoms with Crippen LogP contribution in [0, 0.1) is 0 Å². The fourth-order valence-electron chi connectivity index (χ4n) is 8.85. The number of rotatable bonds is 12. The quantitative estimate of drug-likeness (QED) is 0.0836. The minimum atomic E-state index is -4.52. The molecule has 4 aliphatic rings. The van der Waals surface area contributed by atoms with Gasteiger partial charge in [-0.25, -0.2) is 44.5 Å². The molecule has 76 heavy (non-hydrogen) atoms. The Morgan fingerprint density at radius 3 is 1.64 bits per heavy atom. The number of amides is 4. The molecule has 4 aromatic heterocycles. The number of aliphatic hydroxyl groups is 4. The number of hydrogen-bond donors (Lipinski definition) is 6. The molecule has 0 radical (unpaired) electrons. The van der Waals surface area contributed by atoms with Crippen molar-refractivity contribution in [2.45, 2.75) is 62.3 Å². The van der Waals surface area contributed by atoms with E-state index < -0.39 is 61.0 Å². The summed E-state index contributed by atoms with van der Waals surface area (Å²) in [5, 5.41) is 42.0. The smallest absolute Gasteiger partial charge is 0.416 e. The Morgan fingerprint density at radius 1 is 0.645 bits per heavy atom. The Bertz CT molecular complexity index is 3040. The number of carbonyl (C=O) groups excluding carboxylic acids is 2. The summed E-state index contributed by atoms with van der Waals surface area (Å²) in [5.41, 5.74) is 0.215. The van der Waals surface area contributed by atoms with Gasteiger partial charge >= 0.3 is 30.4 Å². The average molecular weight is 1060 g/mol. The maximum atomic E-state index is 13.5. The summed E-state index contributed by atoms with van der Waals surface area (Å²) >= 11 is 0. The van der Waals surface area contributed by atoms with Gasteiger partial charge in [-0.05, 0) is 49.9 Å². The summed E-state index contributed by atoms with van der Waals surface area (Å²) in [7, 11) is 0. The van der Waals surface area contributed by atoms with Crippen molar-refractivity contribution in [3.8, 4) is 34.7 Å². The fraction of sp³-hybridized carbons (Fsp3) is 0.375. The standard InChI is InChI=1S/2C24H24F3N7O4/c25-24(26,27)15-4-1-3-14(9-15)20-29-10-18-21(31-20)34(16-5-2-8-33(18)11-16)23(37)32-22-28-7-6-19(30-22)38-13-17(36)12-35;25-24(26,27)15-4-1-3-14(7-15)20-28-10-19-21(32-20)34(17-5-2-6-33(19)11-17)23(37)31-16-8-29-22(30-9-16)38-13-18(36)12-35/h1,3-4,6-7,9-10,16-17,35-36H,2,5,8,11-13H2,(H,28,30,32,37);1,3-4,7-10,17-18,35-36H,2,5-6,11-13H2,(H,31,37)/t16-,17-;17-,18+/m00/s1. The zero-order chi connectivity index (χ0) is 53.7. The number of anilines is 6. The molecule has 28 heteroatoms. The molecular formula is C48H48F6N14O8. The zero-order valence-corrected chi connectivity index (χ0v) is 39.9. The van der Waals surface area contributed by atoms with Gasteiger partial charge in [0.25, 0.3) is 0 Å². The van der Waals surface area contributed by atoms with Crippen LogP contribution in [0.1, 0.15) is 36.8 Å². The summed E-state index contributed by atoms with van der Waals surface area (Å²) < 4.78 is 90.1. The number of aromatic nitrogens is 8. The molecule has 6 aromatic rings. The summed E-state index contributed by atoms with van der Waals surface area (Å²) in [6, 6.07) is 9.35. The molecule has 400 valence electrons. The van der Waals surface area contributed by atoms with Crippen molar-refractivity contribution in [2.75, 3.05) is 82.8 Å². The van der Waals surface area contributed by atoms with Gasteiger partial charge in [0.2, 0.25) is 11.8 Å². The number of nitrogens with zero attached hydrogens (tertiary/aromatic N) is 12. The zero-order valence-electron chi connectivity index (χ0n) is 39.9. The van der Waals surface area contributed by atoms with Crippen LogP contribution in [0.15, 0.2) is 85.6 Å². The van der Waals surface area contributed by atoms with Gasteiger partial charge in [-0.3, -0.25) is 15.1 Å². The molecule has 4 amide bonds. The van der Waals surface area contributed by atoms with Crippen LogP contribution >= 0.6 is 0 Å². The first kappa shape index (κ1) is 52.8. The highest BCUT2D eigenvalue weighted by atomic mass is 19.4. The average Bonchev–Trinajstić information content (AvgIpc) is 3.43. The Kier molecular flexibility index (Phi) is 15.6. The van der Waals surface area contributed by atoms with Crippen LogP contribution in [-0.2, 0) is 12.4 Å². The summed E-state index contributed by atoms with van der Waals surface area (Å²) in [4.78, 5) is 67.9. The van der Waals surface area contributed by atoms with Crippen LogP contribution in [0.5, 0.6) is 11.9 Å². The number of alkyl halides is 6. The van der Waals surface area contributed by atoms with Crippen molar-refractivity contribution >= 4 is 46.7 Å². The van der Waals surface area contributed by atoms with Crippen LogP contribution in [0.3, 0.4) is 0 Å². The number of hydrogen-bond acceptors (Lipinski definition) is 18. The van der Waals surface area contributed by atoms with E-state index in [0.29, 0.717) is 36.7 Å². The van der Waals surface area contributed by atoms with Gasteiger partial charge in [-0.1, -0.05) is 24.3 Å². The van der Waals surface area contributed by atoms with Crippen molar-refractivity contribution in [1.82, 2.24) is 39.9 Å². The van der Waals surface area contributed by atoms with Crippen molar-refractivity contribution in [3.05, 3.63) is 96.7 Å². The minimum absolute atomic E-state index is 0.0415. The molecule has 0 saturated carbocycles. The highest BCUT2D eigenvalue weighted by Crippen LogP contribution is 2.41. The molecule has 22 nitrogen and oxygen atoms in total. The molecular weight excluding hydrogens is 1010 g/mol. The van der Waals surface area contributed by atoms with E-state index in [2.05, 4.69) is 60.3 Å². The van der Waals surface area contributed by atoms with Crippen molar-refractivity contribution in [1.29, 1.82) is 0 Å². The number of piperidine rings is 2. The number of halogens is 6. The first-order chi connectivity index (χ1) is 36.4. The number of ether oxygens (including phenoxy) is 2. The predicted octanol–water partition coefficient (Wildman–Crippen LogP) is 5.41. The summed E-state index contributed by atoms with van der Waals surface area (Å²) in [5.74, 6) is 0.739. The Labute approximate surface area is 428 Å². The maximum absolute atomic E-state index is 13.5. The Balaban J connectivity index is 0.000000186. The van der Waals surface area contributed by atoms with Crippen molar-refractivity contribution in [3.63, 3.8) is 0 Å². The second-order valence-electron chi connectivity index (χ2n) is 17.8. The summed E-state index contributed by atoms with van der Waals surface area (Å²) in [6.45, 7) is 1.28. The van der Waals surface area contributed by atoms with Crippen molar-refractivity contribution in [2.24, 2.45) is 0 Å². The number of urea groups is 2. The van der Waals surface area contributed by atoms with E-state index >= 15 is 0 Å². The predicted molar refractivity (Wildman–Crippen MR) is 260 cm³/mol. The highest BCUT2D eigenvalue weighted by Gasteiger charge is 2.41. The van der Waals surface area contributed by atoms with E-state index in [1.54, 1.807) is 0 Å². The van der Waals surface area contributed by atoms with Gasteiger partial charge < -0.3 is 45.0 Å². The second-order valence-corrected chi connectivity index (χ2v) is 17.8. The fourth-order valence-corrected chi connectivity index (χ4v) is 8.85. The van der Waals surface area contributed by atoms with E-state index in [0.717, 1.165) is 56.6 Å².